The van der Waals surface area contributed by atoms with Crippen LogP contribution in [0.1, 0.15) is 34.2 Å². The minimum Gasteiger partial charge on any atom is -0.486 e. The number of hydrogen-bond acceptors (Lipinski definition) is 5. The number of nitrogens with zero attached hydrogens (tertiary/aromatic N) is 1. The second-order valence-corrected chi connectivity index (χ2v) is 6.88. The van der Waals surface area contributed by atoms with Crippen LogP contribution in [0, 0.1) is 18.7 Å². The Labute approximate surface area is 148 Å². The summed E-state index contributed by atoms with van der Waals surface area (Å²) in [6, 6.07) is 4.62. The summed E-state index contributed by atoms with van der Waals surface area (Å²) < 4.78 is 18.4. The second-order valence-electron chi connectivity index (χ2n) is 5.80. The topological polar surface area (TPSA) is 88.5 Å². The lowest BCUT2D eigenvalue weighted by Crippen LogP contribution is -2.44. The van der Waals surface area contributed by atoms with E-state index in [4.69, 9.17) is 4.74 Å². The number of rotatable bonds is 7. The third-order valence-electron chi connectivity index (χ3n) is 3.44. The van der Waals surface area contributed by atoms with Gasteiger partial charge in [-0.2, -0.15) is 0 Å². The molecule has 0 spiro atoms. The van der Waals surface area contributed by atoms with Crippen molar-refractivity contribution in [3.05, 3.63) is 45.7 Å². The Morgan fingerprint density at radius 1 is 1.32 bits per heavy atom. The molecular weight excluding hydrogens is 347 g/mol. The molecule has 0 aliphatic rings. The van der Waals surface area contributed by atoms with Gasteiger partial charge in [0.05, 0.1) is 5.69 Å². The van der Waals surface area contributed by atoms with Gasteiger partial charge < -0.3 is 15.2 Å². The lowest BCUT2D eigenvalue weighted by atomic mass is 10.0. The number of halogens is 1. The van der Waals surface area contributed by atoms with Crippen LogP contribution in [0.3, 0.4) is 0 Å². The first-order chi connectivity index (χ1) is 11.8. The number of aliphatic carboxylic acids is 1. The van der Waals surface area contributed by atoms with Gasteiger partial charge in [-0.05, 0) is 37.1 Å². The van der Waals surface area contributed by atoms with Crippen molar-refractivity contribution in [1.82, 2.24) is 10.3 Å². The number of thiazole rings is 1. The van der Waals surface area contributed by atoms with Crippen molar-refractivity contribution >= 4 is 23.2 Å². The van der Waals surface area contributed by atoms with E-state index in [0.29, 0.717) is 21.3 Å². The van der Waals surface area contributed by atoms with E-state index in [1.807, 2.05) is 0 Å². The molecule has 6 nitrogen and oxygen atoms in total. The van der Waals surface area contributed by atoms with Crippen LogP contribution in [0.5, 0.6) is 5.75 Å². The first-order valence-electron chi connectivity index (χ1n) is 7.66. The fourth-order valence-corrected chi connectivity index (χ4v) is 3.00. The average Bonchev–Trinajstić information content (AvgIpc) is 2.92. The van der Waals surface area contributed by atoms with Crippen molar-refractivity contribution < 1.29 is 23.8 Å². The molecule has 0 radical (unpaired) electrons. The monoisotopic (exact) mass is 366 g/mol. The van der Waals surface area contributed by atoms with E-state index in [1.54, 1.807) is 20.8 Å². The fourth-order valence-electron chi connectivity index (χ4n) is 2.12. The van der Waals surface area contributed by atoms with Gasteiger partial charge in [0, 0.05) is 0 Å². The highest BCUT2D eigenvalue weighted by atomic mass is 32.1. The van der Waals surface area contributed by atoms with Crippen LogP contribution in [0.25, 0.3) is 0 Å². The van der Waals surface area contributed by atoms with Gasteiger partial charge in [-0.1, -0.05) is 13.8 Å². The molecule has 0 saturated carbocycles. The summed E-state index contributed by atoms with van der Waals surface area (Å²) in [5.41, 5.74) is 0.508. The van der Waals surface area contributed by atoms with Gasteiger partial charge in [0.2, 0.25) is 0 Å². The molecule has 1 amide bonds. The normalized spacial score (nSPS) is 12.0. The number of nitrogens with one attached hydrogen (secondary N) is 1. The van der Waals surface area contributed by atoms with Crippen molar-refractivity contribution in [1.29, 1.82) is 0 Å². The van der Waals surface area contributed by atoms with E-state index >= 15 is 0 Å². The third kappa shape index (κ3) is 4.99. The van der Waals surface area contributed by atoms with E-state index in [2.05, 4.69) is 10.3 Å². The number of carboxylic acid groups (broad SMARTS) is 1. The number of benzene rings is 1. The summed E-state index contributed by atoms with van der Waals surface area (Å²) in [6.07, 6.45) is 0. The van der Waals surface area contributed by atoms with Gasteiger partial charge >= 0.3 is 5.97 Å². The maximum absolute atomic E-state index is 12.9. The molecule has 2 rings (SSSR count). The third-order valence-corrected chi connectivity index (χ3v) is 4.57. The number of carbonyl (C=O) groups excluding carboxylic acids is 1. The average molecular weight is 366 g/mol. The van der Waals surface area contributed by atoms with Crippen LogP contribution < -0.4 is 10.1 Å². The summed E-state index contributed by atoms with van der Waals surface area (Å²) in [4.78, 5) is 28.2. The highest BCUT2D eigenvalue weighted by Crippen LogP contribution is 2.21. The molecular formula is C17H19FN2O4S. The summed E-state index contributed by atoms with van der Waals surface area (Å²) in [5.74, 6) is -1.65. The first kappa shape index (κ1) is 18.9. The Kier molecular flexibility index (Phi) is 6.08. The molecule has 2 N–H and O–H groups in total. The minimum atomic E-state index is -1.08. The fraction of sp³-hybridized carbons (Fsp3) is 0.353. The lowest BCUT2D eigenvalue weighted by molar-refractivity contribution is -0.140. The predicted molar refractivity (Wildman–Crippen MR) is 91.3 cm³/mol. The number of carbonyl (C=O) groups is 2. The smallest absolute Gasteiger partial charge is 0.326 e. The maximum atomic E-state index is 12.9. The van der Waals surface area contributed by atoms with Crippen LogP contribution in [-0.4, -0.2) is 28.0 Å². The molecule has 0 aliphatic heterocycles. The molecule has 1 aromatic heterocycles. The molecule has 1 heterocycles. The zero-order chi connectivity index (χ0) is 18.6. The molecule has 25 heavy (non-hydrogen) atoms. The summed E-state index contributed by atoms with van der Waals surface area (Å²) in [5, 5.41) is 12.3. The van der Waals surface area contributed by atoms with E-state index in [9.17, 15) is 19.1 Å². The number of hydrogen-bond donors (Lipinski definition) is 2. The SMILES string of the molecule is Cc1nc(COc2ccc(F)cc2)sc1C(=O)N[C@@H](C(=O)O)C(C)C. The number of aromatic nitrogens is 1. The standard InChI is InChI=1S/C17H19FN2O4S/c1-9(2)14(17(22)23)20-16(21)15-10(3)19-13(25-15)8-24-12-6-4-11(18)5-7-12/h4-7,9,14H,8H2,1-3H3,(H,20,21)(H,22,23)/t14-/m1/s1. The summed E-state index contributed by atoms with van der Waals surface area (Å²) in [6.45, 7) is 5.26. The van der Waals surface area contributed by atoms with Crippen LogP contribution in [-0.2, 0) is 11.4 Å². The molecule has 8 heteroatoms. The van der Waals surface area contributed by atoms with Crippen molar-refractivity contribution in [2.75, 3.05) is 0 Å². The molecule has 1 aromatic carbocycles. The van der Waals surface area contributed by atoms with E-state index in [-0.39, 0.29) is 18.3 Å². The molecule has 0 aliphatic carbocycles. The molecule has 1 atom stereocenters. The zero-order valence-corrected chi connectivity index (χ0v) is 14.9. The van der Waals surface area contributed by atoms with Crippen LogP contribution in [0.4, 0.5) is 4.39 Å². The molecule has 134 valence electrons. The van der Waals surface area contributed by atoms with Crippen molar-refractivity contribution in [2.24, 2.45) is 5.92 Å². The van der Waals surface area contributed by atoms with Crippen LogP contribution in [0.2, 0.25) is 0 Å². The van der Waals surface area contributed by atoms with Gasteiger partial charge in [-0.25, -0.2) is 14.2 Å². The molecule has 0 unspecified atom stereocenters. The van der Waals surface area contributed by atoms with E-state index in [0.717, 1.165) is 11.3 Å². The quantitative estimate of drug-likeness (QED) is 0.786. The minimum absolute atomic E-state index is 0.136. The predicted octanol–water partition coefficient (Wildman–Crippen LogP) is 3.01. The Hall–Kier alpha value is -2.48. The van der Waals surface area contributed by atoms with Crippen LogP contribution in [0.15, 0.2) is 24.3 Å². The molecule has 0 fully saturated rings. The van der Waals surface area contributed by atoms with Gasteiger partial charge in [0.1, 0.15) is 34.1 Å². The van der Waals surface area contributed by atoms with Crippen LogP contribution >= 0.6 is 11.3 Å². The summed E-state index contributed by atoms with van der Waals surface area (Å²) >= 11 is 1.14. The Morgan fingerprint density at radius 2 is 1.96 bits per heavy atom. The Balaban J connectivity index is 2.04. The van der Waals surface area contributed by atoms with Gasteiger partial charge in [-0.3, -0.25) is 4.79 Å². The number of aryl methyl sites for hydroxylation is 1. The van der Waals surface area contributed by atoms with Gasteiger partial charge in [0.15, 0.2) is 0 Å². The number of ether oxygens (including phenoxy) is 1. The van der Waals surface area contributed by atoms with Crippen molar-refractivity contribution in [3.63, 3.8) is 0 Å². The highest BCUT2D eigenvalue weighted by Gasteiger charge is 2.26. The Bertz CT molecular complexity index is 759. The van der Waals surface area contributed by atoms with E-state index < -0.39 is 17.9 Å². The molecule has 0 saturated heterocycles. The van der Waals surface area contributed by atoms with Crippen molar-refractivity contribution in [2.45, 2.75) is 33.4 Å². The number of amides is 1. The van der Waals surface area contributed by atoms with Gasteiger partial charge in [-0.15, -0.1) is 11.3 Å². The Morgan fingerprint density at radius 3 is 2.52 bits per heavy atom. The first-order valence-corrected chi connectivity index (χ1v) is 8.48. The molecule has 0 bridgehead atoms. The second kappa shape index (κ2) is 8.06. The summed E-state index contributed by atoms with van der Waals surface area (Å²) in [7, 11) is 0. The lowest BCUT2D eigenvalue weighted by Gasteiger charge is -2.17. The van der Waals surface area contributed by atoms with E-state index in [1.165, 1.54) is 24.3 Å². The maximum Gasteiger partial charge on any atom is 0.326 e. The highest BCUT2D eigenvalue weighted by molar-refractivity contribution is 7.13. The number of carboxylic acids is 1. The van der Waals surface area contributed by atoms with Crippen molar-refractivity contribution in [3.8, 4) is 5.75 Å². The molecule has 2 aromatic rings. The zero-order valence-electron chi connectivity index (χ0n) is 14.1. The largest absolute Gasteiger partial charge is 0.486 e. The van der Waals surface area contributed by atoms with Gasteiger partial charge in [0.25, 0.3) is 5.91 Å².